The van der Waals surface area contributed by atoms with Crippen LogP contribution in [0.25, 0.3) is 0 Å². The van der Waals surface area contributed by atoms with Crippen molar-refractivity contribution in [3.05, 3.63) is 0 Å². The summed E-state index contributed by atoms with van der Waals surface area (Å²) in [6, 6.07) is -1.49. The number of hydrogen-bond acceptors (Lipinski definition) is 20. The van der Waals surface area contributed by atoms with Crippen molar-refractivity contribution in [2.45, 2.75) is 137 Å². The minimum atomic E-state index is -2.02. The fraction of sp³-hybridized carbons (Fsp3) is 0.962. The number of amides is 1. The molecule has 0 aliphatic carbocycles. The van der Waals surface area contributed by atoms with Crippen LogP contribution in [0.4, 0.5) is 0 Å². The summed E-state index contributed by atoms with van der Waals surface area (Å²) < 4.78 is 39.0. The molecule has 4 aliphatic heterocycles. The van der Waals surface area contributed by atoms with Crippen LogP contribution in [0.5, 0.6) is 0 Å². The fourth-order valence-electron chi connectivity index (χ4n) is 5.88. The third kappa shape index (κ3) is 8.04. The number of hydrogen-bond donors (Lipinski definition) is 13. The molecule has 4 heterocycles. The Hall–Kier alpha value is -1.29. The van der Waals surface area contributed by atoms with Crippen LogP contribution >= 0.6 is 0 Å². The van der Waals surface area contributed by atoms with E-state index in [4.69, 9.17) is 33.2 Å². The third-order valence-electron chi connectivity index (χ3n) is 8.57. The molecule has 1 amide bonds. The molecule has 4 rings (SSSR count). The van der Waals surface area contributed by atoms with Crippen molar-refractivity contribution in [1.29, 1.82) is 0 Å². The molecule has 4 fully saturated rings. The highest BCUT2D eigenvalue weighted by molar-refractivity contribution is 5.73. The molecule has 47 heavy (non-hydrogen) atoms. The molecule has 21 nitrogen and oxygen atoms in total. The predicted octanol–water partition coefficient (Wildman–Crippen LogP) is -8.58. The first-order valence-corrected chi connectivity index (χ1v) is 15.0. The molecule has 274 valence electrons. The number of carbonyl (C=O) groups excluding carboxylic acids is 1. The normalized spacial score (nSPS) is 51.0. The maximum absolute atomic E-state index is 11.8. The molecule has 0 aromatic heterocycles. The molecule has 0 bridgehead atoms. The van der Waals surface area contributed by atoms with Gasteiger partial charge in [0.15, 0.2) is 25.2 Å². The summed E-state index contributed by atoms with van der Waals surface area (Å²) in [4.78, 5) is 11.8. The number of aliphatic hydroxyl groups is 12. The second kappa shape index (κ2) is 16.2. The van der Waals surface area contributed by atoms with Crippen molar-refractivity contribution in [2.75, 3.05) is 19.8 Å². The molecule has 0 radical (unpaired) electrons. The van der Waals surface area contributed by atoms with Crippen LogP contribution in [0.3, 0.4) is 0 Å². The molecule has 13 N–H and O–H groups in total. The van der Waals surface area contributed by atoms with Gasteiger partial charge in [-0.1, -0.05) is 0 Å². The van der Waals surface area contributed by atoms with Gasteiger partial charge in [-0.2, -0.15) is 0 Å². The first-order valence-electron chi connectivity index (χ1n) is 15.0. The lowest BCUT2D eigenvalue weighted by molar-refractivity contribution is -0.390. The van der Waals surface area contributed by atoms with Gasteiger partial charge >= 0.3 is 0 Å². The van der Waals surface area contributed by atoms with Gasteiger partial charge in [0, 0.05) is 6.92 Å². The standard InChI is InChI=1S/C26H45NO20/c1-6-12(32)16(36)17(37)25(41-6)47-22-18(38)23(40)42-10(5-30)20(22)45-26-19(39)21(14(34)9(4-29)44-26)46-24-11(27-7(2)31)15(35)13(33)8(3-28)43-24/h6,8-26,28-30,32-40H,3-5H2,1-2H3,(H,27,31)/t6-,8+,9+,10+,11+,12+,13-,14-,15+,16+,17-,18+,19+,20+,21-,22+,23+,24+,25-,26-/m0/s1. The zero-order valence-corrected chi connectivity index (χ0v) is 25.3. The zero-order valence-electron chi connectivity index (χ0n) is 25.3. The third-order valence-corrected chi connectivity index (χ3v) is 8.57. The summed E-state index contributed by atoms with van der Waals surface area (Å²) in [5.74, 6) is -0.689. The van der Waals surface area contributed by atoms with Crippen molar-refractivity contribution in [1.82, 2.24) is 5.32 Å². The Labute approximate surface area is 267 Å². The molecule has 0 aromatic rings. The Morgan fingerprint density at radius 3 is 1.68 bits per heavy atom. The minimum absolute atomic E-state index is 0.689. The number of carbonyl (C=O) groups is 1. The summed E-state index contributed by atoms with van der Waals surface area (Å²) in [7, 11) is 0. The average molecular weight is 692 g/mol. The van der Waals surface area contributed by atoms with Crippen LogP contribution in [-0.2, 0) is 38.0 Å². The van der Waals surface area contributed by atoms with Crippen molar-refractivity contribution in [2.24, 2.45) is 0 Å². The van der Waals surface area contributed by atoms with Gasteiger partial charge in [-0.05, 0) is 6.92 Å². The van der Waals surface area contributed by atoms with Gasteiger partial charge in [0.2, 0.25) is 5.91 Å². The first-order chi connectivity index (χ1) is 22.1. The largest absolute Gasteiger partial charge is 0.394 e. The number of nitrogens with one attached hydrogen (secondary N) is 1. The van der Waals surface area contributed by atoms with Crippen LogP contribution < -0.4 is 5.32 Å². The zero-order chi connectivity index (χ0) is 34.9. The molecular weight excluding hydrogens is 646 g/mol. The van der Waals surface area contributed by atoms with Gasteiger partial charge < -0.3 is 99.8 Å². The lowest BCUT2D eigenvalue weighted by atomic mass is 9.95. The van der Waals surface area contributed by atoms with Gasteiger partial charge in [-0.15, -0.1) is 0 Å². The predicted molar refractivity (Wildman–Crippen MR) is 144 cm³/mol. The van der Waals surface area contributed by atoms with E-state index in [-0.39, 0.29) is 0 Å². The lowest BCUT2D eigenvalue weighted by Gasteiger charge is -2.49. The maximum atomic E-state index is 11.8. The van der Waals surface area contributed by atoms with Crippen LogP contribution in [-0.4, -0.2) is 210 Å². The highest BCUT2D eigenvalue weighted by atomic mass is 16.8. The molecular formula is C26H45NO20. The monoisotopic (exact) mass is 691 g/mol. The van der Waals surface area contributed by atoms with Gasteiger partial charge in [0.05, 0.1) is 25.9 Å². The number of rotatable bonds is 10. The van der Waals surface area contributed by atoms with E-state index in [1.807, 2.05) is 0 Å². The van der Waals surface area contributed by atoms with Gasteiger partial charge in [0.1, 0.15) is 91.5 Å². The van der Waals surface area contributed by atoms with Gasteiger partial charge in [0.25, 0.3) is 0 Å². The molecule has 4 aliphatic rings. The van der Waals surface area contributed by atoms with Crippen molar-refractivity contribution < 1.29 is 99.2 Å². The first kappa shape index (κ1) is 38.5. The van der Waals surface area contributed by atoms with Crippen LogP contribution in [0.1, 0.15) is 13.8 Å². The van der Waals surface area contributed by atoms with Gasteiger partial charge in [-0.3, -0.25) is 4.79 Å². The minimum Gasteiger partial charge on any atom is -0.394 e. The van der Waals surface area contributed by atoms with Crippen LogP contribution in [0.15, 0.2) is 0 Å². The highest BCUT2D eigenvalue weighted by Gasteiger charge is 2.55. The number of aliphatic hydroxyl groups excluding tert-OH is 12. The quantitative estimate of drug-likeness (QED) is 0.101. The second-order valence-electron chi connectivity index (χ2n) is 11.9. The Morgan fingerprint density at radius 1 is 0.553 bits per heavy atom. The molecule has 21 heteroatoms. The smallest absolute Gasteiger partial charge is 0.217 e. The summed E-state index contributed by atoms with van der Waals surface area (Å²) in [6.45, 7) is -0.125. The van der Waals surface area contributed by atoms with E-state index in [9.17, 15) is 66.1 Å². The average Bonchev–Trinajstić information content (AvgIpc) is 3.04. The Balaban J connectivity index is 1.60. The summed E-state index contributed by atoms with van der Waals surface area (Å²) >= 11 is 0. The Bertz CT molecular complexity index is 1010. The lowest BCUT2D eigenvalue weighted by Crippen LogP contribution is -2.69. The number of ether oxygens (including phenoxy) is 7. The second-order valence-corrected chi connectivity index (χ2v) is 11.9. The summed E-state index contributed by atoms with van der Waals surface area (Å²) in [5, 5.41) is 127. The van der Waals surface area contributed by atoms with E-state index in [1.54, 1.807) is 0 Å². The topological polar surface area (TPSA) is 336 Å². The van der Waals surface area contributed by atoms with E-state index in [2.05, 4.69) is 5.32 Å². The van der Waals surface area contributed by atoms with Crippen molar-refractivity contribution in [3.8, 4) is 0 Å². The Kier molecular flexibility index (Phi) is 13.2. The van der Waals surface area contributed by atoms with E-state index in [0.29, 0.717) is 0 Å². The fourth-order valence-corrected chi connectivity index (χ4v) is 5.88. The van der Waals surface area contributed by atoms with Crippen molar-refractivity contribution in [3.63, 3.8) is 0 Å². The van der Waals surface area contributed by atoms with E-state index in [1.165, 1.54) is 6.92 Å². The molecule has 4 saturated heterocycles. The molecule has 0 saturated carbocycles. The van der Waals surface area contributed by atoms with E-state index >= 15 is 0 Å². The highest BCUT2D eigenvalue weighted by Crippen LogP contribution is 2.34. The van der Waals surface area contributed by atoms with Gasteiger partial charge in [-0.25, -0.2) is 0 Å². The van der Waals surface area contributed by atoms with Crippen LogP contribution in [0.2, 0.25) is 0 Å². The van der Waals surface area contributed by atoms with E-state index < -0.39 is 148 Å². The molecule has 0 unspecified atom stereocenters. The Morgan fingerprint density at radius 2 is 1.09 bits per heavy atom. The molecule has 20 atom stereocenters. The summed E-state index contributed by atoms with van der Waals surface area (Å²) in [6.07, 6.45) is -32.5. The van der Waals surface area contributed by atoms with E-state index in [0.717, 1.165) is 6.92 Å². The SMILES string of the molecule is CC(=O)N[C@H]1[C@@H](O[C@H]2[C@@H](O)[C@@H](CO)O[C@@H](O[C@H]3[C@H](O[C@@H]4O[C@@H](C)[C@@H](O)[C@@H](O)[C@@H]4O)[C@@H](O)[C@H](O)O[C@@H]3CO)[C@@H]2O)O[C@H](CO)[C@H](O)[C@@H]1O. The maximum Gasteiger partial charge on any atom is 0.217 e. The van der Waals surface area contributed by atoms with Crippen molar-refractivity contribution >= 4 is 5.91 Å². The molecule has 0 aromatic carbocycles. The summed E-state index contributed by atoms with van der Waals surface area (Å²) in [5.41, 5.74) is 0. The van der Waals surface area contributed by atoms with Crippen LogP contribution in [0, 0.1) is 0 Å². The molecule has 0 spiro atoms.